The van der Waals surface area contributed by atoms with E-state index in [0.29, 0.717) is 42.5 Å². The highest BCUT2D eigenvalue weighted by atomic mass is 35.5. The fourth-order valence-corrected chi connectivity index (χ4v) is 2.26. The second-order valence-electron chi connectivity index (χ2n) is 4.99. The molecule has 0 saturated heterocycles. The molecule has 1 N–H and O–H groups in total. The average molecular weight is 353 g/mol. The fraction of sp³-hybridized carbons (Fsp3) is 0.294. The second-order valence-corrected chi connectivity index (χ2v) is 5.40. The highest BCUT2D eigenvalue weighted by Crippen LogP contribution is 2.17. The molecule has 2 aromatic rings. The van der Waals surface area contributed by atoms with Gasteiger partial charge in [-0.1, -0.05) is 17.7 Å². The maximum atomic E-state index is 13.0. The number of nitrogens with zero attached hydrogens (tertiary/aromatic N) is 1. The SMILES string of the molecule is COCCOc1cncc(C(=O)NCCc2ccc(F)cc2Cl)c1. The monoisotopic (exact) mass is 352 g/mol. The standard InChI is InChI=1S/C17H18ClFN2O3/c1-23-6-7-24-15-8-13(10-20-11-15)17(22)21-5-4-12-2-3-14(19)9-16(12)18/h2-3,8-11H,4-7H2,1H3,(H,21,22). The van der Waals surface area contributed by atoms with Gasteiger partial charge in [0, 0.05) is 24.9 Å². The van der Waals surface area contributed by atoms with Crippen LogP contribution in [0, 0.1) is 5.82 Å². The highest BCUT2D eigenvalue weighted by molar-refractivity contribution is 6.31. The van der Waals surface area contributed by atoms with Gasteiger partial charge < -0.3 is 14.8 Å². The van der Waals surface area contributed by atoms with E-state index in [4.69, 9.17) is 21.1 Å². The Morgan fingerprint density at radius 2 is 2.12 bits per heavy atom. The maximum absolute atomic E-state index is 13.0. The van der Waals surface area contributed by atoms with E-state index in [1.165, 1.54) is 24.5 Å². The van der Waals surface area contributed by atoms with Crippen molar-refractivity contribution in [2.24, 2.45) is 0 Å². The molecule has 1 heterocycles. The van der Waals surface area contributed by atoms with E-state index in [2.05, 4.69) is 10.3 Å². The van der Waals surface area contributed by atoms with Crippen LogP contribution in [0.15, 0.2) is 36.7 Å². The van der Waals surface area contributed by atoms with E-state index < -0.39 is 0 Å². The third kappa shape index (κ3) is 5.47. The molecule has 0 atom stereocenters. The van der Waals surface area contributed by atoms with E-state index in [9.17, 15) is 9.18 Å². The van der Waals surface area contributed by atoms with Crippen LogP contribution in [-0.4, -0.2) is 37.8 Å². The maximum Gasteiger partial charge on any atom is 0.252 e. The van der Waals surface area contributed by atoms with Crippen molar-refractivity contribution in [1.82, 2.24) is 10.3 Å². The Morgan fingerprint density at radius 1 is 1.29 bits per heavy atom. The largest absolute Gasteiger partial charge is 0.490 e. The minimum absolute atomic E-state index is 0.266. The molecule has 128 valence electrons. The number of rotatable bonds is 8. The van der Waals surface area contributed by atoms with E-state index in [-0.39, 0.29) is 11.7 Å². The van der Waals surface area contributed by atoms with Crippen LogP contribution in [0.25, 0.3) is 0 Å². The van der Waals surface area contributed by atoms with E-state index >= 15 is 0 Å². The summed E-state index contributed by atoms with van der Waals surface area (Å²) in [5, 5.41) is 3.12. The number of pyridine rings is 1. The van der Waals surface area contributed by atoms with Crippen LogP contribution in [0.1, 0.15) is 15.9 Å². The second kappa shape index (κ2) is 9.20. The van der Waals surface area contributed by atoms with Crippen LogP contribution >= 0.6 is 11.6 Å². The Hall–Kier alpha value is -2.18. The summed E-state index contributed by atoms with van der Waals surface area (Å²) in [6.45, 7) is 1.21. The number of aromatic nitrogens is 1. The van der Waals surface area contributed by atoms with Gasteiger partial charge in [0.05, 0.1) is 18.4 Å². The summed E-state index contributed by atoms with van der Waals surface area (Å²) in [6.07, 6.45) is 3.50. The van der Waals surface area contributed by atoms with Crippen LogP contribution < -0.4 is 10.1 Å². The van der Waals surface area contributed by atoms with Gasteiger partial charge >= 0.3 is 0 Å². The first kappa shape index (κ1) is 18.2. The normalized spacial score (nSPS) is 10.5. The molecular weight excluding hydrogens is 335 g/mol. The molecule has 24 heavy (non-hydrogen) atoms. The number of methoxy groups -OCH3 is 1. The predicted molar refractivity (Wildman–Crippen MR) is 89.1 cm³/mol. The van der Waals surface area contributed by atoms with Crippen LogP contribution in [0.3, 0.4) is 0 Å². The lowest BCUT2D eigenvalue weighted by atomic mass is 10.1. The van der Waals surface area contributed by atoms with Gasteiger partial charge in [0.25, 0.3) is 5.91 Å². The first-order valence-corrected chi connectivity index (χ1v) is 7.77. The van der Waals surface area contributed by atoms with Crippen molar-refractivity contribution in [2.75, 3.05) is 26.9 Å². The summed E-state index contributed by atoms with van der Waals surface area (Å²) < 4.78 is 23.3. The molecule has 0 aliphatic rings. The lowest BCUT2D eigenvalue weighted by molar-refractivity contribution is 0.0953. The quantitative estimate of drug-likeness (QED) is 0.742. The number of hydrogen-bond acceptors (Lipinski definition) is 4. The van der Waals surface area contributed by atoms with Gasteiger partial charge in [-0.3, -0.25) is 9.78 Å². The summed E-state index contributed by atoms with van der Waals surface area (Å²) >= 11 is 5.95. The predicted octanol–water partition coefficient (Wildman–Crippen LogP) is 2.87. The van der Waals surface area contributed by atoms with Crippen molar-refractivity contribution >= 4 is 17.5 Å². The summed E-state index contributed by atoms with van der Waals surface area (Å²) in [5.41, 5.74) is 1.17. The Bertz CT molecular complexity index is 697. The first-order chi connectivity index (χ1) is 11.6. The Kier molecular flexibility index (Phi) is 6.96. The molecule has 0 radical (unpaired) electrons. The minimum atomic E-state index is -0.385. The Morgan fingerprint density at radius 3 is 2.88 bits per heavy atom. The smallest absolute Gasteiger partial charge is 0.252 e. The van der Waals surface area contributed by atoms with Gasteiger partial charge in [-0.15, -0.1) is 0 Å². The number of amides is 1. The molecule has 0 fully saturated rings. The number of ether oxygens (including phenoxy) is 2. The molecule has 1 amide bonds. The Labute approximate surface area is 144 Å². The summed E-state index contributed by atoms with van der Waals surface area (Å²) in [7, 11) is 1.58. The summed E-state index contributed by atoms with van der Waals surface area (Å²) in [4.78, 5) is 16.1. The van der Waals surface area contributed by atoms with Gasteiger partial charge in [-0.2, -0.15) is 0 Å². The molecule has 2 rings (SSSR count). The number of benzene rings is 1. The number of carbonyl (C=O) groups is 1. The zero-order valence-electron chi connectivity index (χ0n) is 13.2. The zero-order valence-corrected chi connectivity index (χ0v) is 14.0. The molecule has 5 nitrogen and oxygen atoms in total. The van der Waals surface area contributed by atoms with Gasteiger partial charge in [0.15, 0.2) is 0 Å². The number of hydrogen-bond donors (Lipinski definition) is 1. The zero-order chi connectivity index (χ0) is 17.4. The lowest BCUT2D eigenvalue weighted by Gasteiger charge is -2.09. The van der Waals surface area contributed by atoms with Crippen LogP contribution in [0.4, 0.5) is 4.39 Å². The lowest BCUT2D eigenvalue weighted by Crippen LogP contribution is -2.26. The van der Waals surface area contributed by atoms with Crippen molar-refractivity contribution in [3.8, 4) is 5.75 Å². The van der Waals surface area contributed by atoms with Gasteiger partial charge in [-0.05, 0) is 30.2 Å². The number of carbonyl (C=O) groups excluding carboxylic acids is 1. The van der Waals surface area contributed by atoms with Crippen LogP contribution in [0.2, 0.25) is 5.02 Å². The van der Waals surface area contributed by atoms with E-state index in [0.717, 1.165) is 5.56 Å². The molecule has 0 spiro atoms. The van der Waals surface area contributed by atoms with Gasteiger partial charge in [0.1, 0.15) is 18.2 Å². The van der Waals surface area contributed by atoms with E-state index in [1.54, 1.807) is 19.2 Å². The van der Waals surface area contributed by atoms with Crippen LogP contribution in [0.5, 0.6) is 5.75 Å². The molecule has 0 unspecified atom stereocenters. The topological polar surface area (TPSA) is 60.5 Å². The average Bonchev–Trinajstić information content (AvgIpc) is 2.57. The van der Waals surface area contributed by atoms with Gasteiger partial charge in [-0.25, -0.2) is 4.39 Å². The van der Waals surface area contributed by atoms with E-state index in [1.807, 2.05) is 0 Å². The number of halogens is 2. The molecule has 0 aliphatic heterocycles. The summed E-state index contributed by atoms with van der Waals surface area (Å²) in [5.74, 6) is -0.150. The summed E-state index contributed by atoms with van der Waals surface area (Å²) in [6, 6.07) is 5.82. The Balaban J connectivity index is 1.87. The molecule has 1 aromatic carbocycles. The van der Waals surface area contributed by atoms with Crippen molar-refractivity contribution in [3.63, 3.8) is 0 Å². The molecule has 0 bridgehead atoms. The minimum Gasteiger partial charge on any atom is -0.490 e. The molecule has 1 aromatic heterocycles. The van der Waals surface area contributed by atoms with Crippen molar-refractivity contribution < 1.29 is 18.7 Å². The van der Waals surface area contributed by atoms with Gasteiger partial charge in [0.2, 0.25) is 0 Å². The van der Waals surface area contributed by atoms with Crippen molar-refractivity contribution in [3.05, 3.63) is 58.6 Å². The molecule has 7 heteroatoms. The fourth-order valence-electron chi connectivity index (χ4n) is 2.00. The van der Waals surface area contributed by atoms with Crippen LogP contribution in [-0.2, 0) is 11.2 Å². The number of nitrogens with one attached hydrogen (secondary N) is 1. The van der Waals surface area contributed by atoms with Crippen molar-refractivity contribution in [1.29, 1.82) is 0 Å². The van der Waals surface area contributed by atoms with Crippen molar-refractivity contribution in [2.45, 2.75) is 6.42 Å². The highest BCUT2D eigenvalue weighted by Gasteiger charge is 2.08. The molecule has 0 saturated carbocycles. The third-order valence-electron chi connectivity index (χ3n) is 3.23. The molecule has 0 aliphatic carbocycles. The molecular formula is C17H18ClFN2O3. The first-order valence-electron chi connectivity index (χ1n) is 7.39. The third-order valence-corrected chi connectivity index (χ3v) is 3.58.